The van der Waals surface area contributed by atoms with Gasteiger partial charge in [0.25, 0.3) is 0 Å². The van der Waals surface area contributed by atoms with Crippen LogP contribution < -0.4 is 9.80 Å². The van der Waals surface area contributed by atoms with Crippen LogP contribution in [0.3, 0.4) is 0 Å². The molecule has 0 N–H and O–H groups in total. The molecule has 0 spiro atoms. The molecule has 0 bridgehead atoms. The zero-order valence-electron chi connectivity index (χ0n) is 46.9. The van der Waals surface area contributed by atoms with E-state index in [1.54, 1.807) is 0 Å². The van der Waals surface area contributed by atoms with Gasteiger partial charge in [-0.2, -0.15) is 0 Å². The van der Waals surface area contributed by atoms with Crippen molar-refractivity contribution in [1.82, 2.24) is 0 Å². The summed E-state index contributed by atoms with van der Waals surface area (Å²) in [7, 11) is 0. The van der Waals surface area contributed by atoms with Gasteiger partial charge < -0.3 is 18.6 Å². The van der Waals surface area contributed by atoms with Crippen molar-refractivity contribution in [3.63, 3.8) is 0 Å². The Morgan fingerprint density at radius 3 is 0.814 bits per heavy atom. The molecule has 2 heterocycles. The Labute approximate surface area is 499 Å². The number of fused-ring (bicyclic) bond motifs is 7. The van der Waals surface area contributed by atoms with E-state index in [1.165, 1.54) is 11.1 Å². The largest absolute Gasteiger partial charge is 0.455 e. The number of anilines is 6. The normalized spacial score (nSPS) is 11.5. The first-order chi connectivity index (χ1) is 42.7. The Morgan fingerprint density at radius 2 is 0.465 bits per heavy atom. The second-order valence-electron chi connectivity index (χ2n) is 21.9. The molecule has 0 saturated carbocycles. The summed E-state index contributed by atoms with van der Waals surface area (Å²) in [5, 5.41) is 8.88. The summed E-state index contributed by atoms with van der Waals surface area (Å²) >= 11 is 0. The average Bonchev–Trinajstić information content (AvgIpc) is 1.84. The predicted molar refractivity (Wildman–Crippen MR) is 360 cm³/mol. The molecule has 0 aliphatic carbocycles. The van der Waals surface area contributed by atoms with E-state index in [4.69, 9.17) is 8.83 Å². The quantitative estimate of drug-likeness (QED) is 0.114. The number of rotatable bonds is 12. The van der Waals surface area contributed by atoms with Crippen LogP contribution in [0.4, 0.5) is 34.1 Å². The van der Waals surface area contributed by atoms with E-state index >= 15 is 0 Å². The summed E-state index contributed by atoms with van der Waals surface area (Å²) in [6.45, 7) is 0. The molecule has 0 atom stereocenters. The molecular weight excluding hydrogens is 1040 g/mol. The molecule has 86 heavy (non-hydrogen) atoms. The fourth-order valence-corrected chi connectivity index (χ4v) is 12.8. The second-order valence-corrected chi connectivity index (χ2v) is 21.9. The number of nitrogens with zero attached hydrogens (tertiary/aromatic N) is 2. The third-order valence-corrected chi connectivity index (χ3v) is 16.8. The van der Waals surface area contributed by atoms with E-state index in [9.17, 15) is 0 Å². The predicted octanol–water partition coefficient (Wildman–Crippen LogP) is 23.6. The Bertz CT molecular complexity index is 4790. The first-order valence-electron chi connectivity index (χ1n) is 29.3. The molecule has 404 valence electrons. The van der Waals surface area contributed by atoms with Crippen molar-refractivity contribution in [3.05, 3.63) is 328 Å². The zero-order valence-corrected chi connectivity index (χ0v) is 46.9. The minimum absolute atomic E-state index is 0.809. The van der Waals surface area contributed by atoms with Crippen LogP contribution in [-0.2, 0) is 0 Å². The Kier molecular flexibility index (Phi) is 12.5. The molecule has 0 aliphatic rings. The summed E-state index contributed by atoms with van der Waals surface area (Å²) in [6, 6.07) is 117. The van der Waals surface area contributed by atoms with Crippen LogP contribution in [-0.4, -0.2) is 0 Å². The topological polar surface area (TPSA) is 32.8 Å². The Balaban J connectivity index is 0.921. The van der Waals surface area contributed by atoms with Crippen LogP contribution in [0.25, 0.3) is 121 Å². The smallest absolute Gasteiger partial charge is 0.143 e. The van der Waals surface area contributed by atoms with Crippen LogP contribution in [0, 0.1) is 0 Å². The molecule has 4 nitrogen and oxygen atoms in total. The lowest BCUT2D eigenvalue weighted by atomic mass is 9.93. The lowest BCUT2D eigenvalue weighted by Crippen LogP contribution is -2.12. The highest BCUT2D eigenvalue weighted by Crippen LogP contribution is 2.51. The molecule has 16 aromatic rings. The Morgan fingerprint density at radius 1 is 0.186 bits per heavy atom. The molecule has 0 unspecified atom stereocenters. The van der Waals surface area contributed by atoms with Crippen molar-refractivity contribution in [2.75, 3.05) is 9.80 Å². The maximum Gasteiger partial charge on any atom is 0.143 e. The van der Waals surface area contributed by atoms with Gasteiger partial charge in [0.1, 0.15) is 22.7 Å². The third kappa shape index (κ3) is 8.87. The molecule has 0 radical (unpaired) electrons. The molecule has 0 aliphatic heterocycles. The summed E-state index contributed by atoms with van der Waals surface area (Å²) in [4.78, 5) is 4.83. The van der Waals surface area contributed by atoms with Crippen molar-refractivity contribution in [1.29, 1.82) is 0 Å². The van der Waals surface area contributed by atoms with Crippen LogP contribution in [0.15, 0.2) is 336 Å². The molecule has 4 heteroatoms. The van der Waals surface area contributed by atoms with Crippen LogP contribution in [0.5, 0.6) is 0 Å². The highest BCUT2D eigenvalue weighted by atomic mass is 16.3. The zero-order chi connectivity index (χ0) is 56.9. The highest BCUT2D eigenvalue weighted by Gasteiger charge is 2.26. The summed E-state index contributed by atoms with van der Waals surface area (Å²) < 4.78 is 14.1. The van der Waals surface area contributed by atoms with Gasteiger partial charge in [0.2, 0.25) is 0 Å². The Hall–Kier alpha value is -11.5. The van der Waals surface area contributed by atoms with E-state index < -0.39 is 0 Å². The SMILES string of the molecule is c1ccc(-c2ccc(N(c3ccc4c(-c5ccccc5)c(-c5ccccc5)oc4c3)c3cc4c5ccccc5c(N(c5ccc(-c6ccccc6)cc5)c5ccc6c(-c7ccccc7)c(-c7ccccc7)oc6c5)cc4c4ccccc34)cc2)cc1. The van der Waals surface area contributed by atoms with Crippen LogP contribution in [0.1, 0.15) is 0 Å². The molecule has 2 aromatic heterocycles. The van der Waals surface area contributed by atoms with E-state index in [1.807, 2.05) is 0 Å². The van der Waals surface area contributed by atoms with Gasteiger partial charge in [0.15, 0.2) is 0 Å². The molecule has 0 amide bonds. The summed E-state index contributed by atoms with van der Waals surface area (Å²) in [6.07, 6.45) is 0. The number of benzene rings is 14. The molecule has 14 aromatic carbocycles. The number of hydrogen-bond donors (Lipinski definition) is 0. The first-order valence-corrected chi connectivity index (χ1v) is 29.3. The van der Waals surface area contributed by atoms with Gasteiger partial charge in [-0.1, -0.05) is 255 Å². The van der Waals surface area contributed by atoms with Crippen molar-refractivity contribution < 1.29 is 8.83 Å². The fraction of sp³-hybridized carbons (Fsp3) is 0. The van der Waals surface area contributed by atoms with E-state index in [0.29, 0.717) is 0 Å². The second kappa shape index (κ2) is 21.4. The van der Waals surface area contributed by atoms with E-state index in [2.05, 4.69) is 337 Å². The van der Waals surface area contributed by atoms with Crippen LogP contribution in [0.2, 0.25) is 0 Å². The van der Waals surface area contributed by atoms with Gasteiger partial charge in [0, 0.05) is 78.7 Å². The van der Waals surface area contributed by atoms with Crippen molar-refractivity contribution in [2.45, 2.75) is 0 Å². The molecule has 16 rings (SSSR count). The fourth-order valence-electron chi connectivity index (χ4n) is 12.8. The van der Waals surface area contributed by atoms with Crippen LogP contribution >= 0.6 is 0 Å². The average molecular weight is 1100 g/mol. The van der Waals surface area contributed by atoms with Crippen molar-refractivity contribution >= 4 is 88.4 Å². The summed E-state index contributed by atoms with van der Waals surface area (Å²) in [5.41, 5.74) is 18.8. The van der Waals surface area contributed by atoms with Gasteiger partial charge in [-0.15, -0.1) is 0 Å². The maximum atomic E-state index is 7.07. The molecular formula is C82H54N2O2. The van der Waals surface area contributed by atoms with Gasteiger partial charge in [-0.25, -0.2) is 0 Å². The van der Waals surface area contributed by atoms with Gasteiger partial charge in [0.05, 0.1) is 11.4 Å². The van der Waals surface area contributed by atoms with Gasteiger partial charge in [-0.05, 0) is 116 Å². The van der Waals surface area contributed by atoms with Gasteiger partial charge >= 0.3 is 0 Å². The monoisotopic (exact) mass is 1100 g/mol. The standard InChI is InChI=1S/C82H54N2O2/c1-7-23-55(24-8-1)57-39-43-63(44-40-57)83(65-47-49-71-77(51-65)85-81(61-31-15-5-16-32-61)79(71)59-27-11-3-12-28-59)75-53-73-68-36-20-22-38-70(68)76(54-74(73)67-35-19-21-37-69(67)75)84(64-45-41-58(42-46-64)56-25-9-2-10-26-56)66-48-50-72-78(52-66)86-82(62-33-17-6-18-34-62)80(72)60-29-13-4-14-30-60/h1-54H. The van der Waals surface area contributed by atoms with Crippen molar-refractivity contribution in [2.24, 2.45) is 0 Å². The van der Waals surface area contributed by atoms with E-state index in [-0.39, 0.29) is 0 Å². The first kappa shape index (κ1) is 50.3. The summed E-state index contributed by atoms with van der Waals surface area (Å²) in [5.74, 6) is 1.69. The highest BCUT2D eigenvalue weighted by molar-refractivity contribution is 6.25. The lowest BCUT2D eigenvalue weighted by Gasteiger charge is -2.30. The molecule has 0 fully saturated rings. The number of furan rings is 2. The maximum absolute atomic E-state index is 7.07. The number of hydrogen-bond acceptors (Lipinski definition) is 4. The minimum Gasteiger partial charge on any atom is -0.455 e. The third-order valence-electron chi connectivity index (χ3n) is 16.8. The lowest BCUT2D eigenvalue weighted by molar-refractivity contribution is 0.632. The minimum atomic E-state index is 0.809. The van der Waals surface area contributed by atoms with E-state index in [0.717, 1.165) is 144 Å². The molecule has 0 saturated heterocycles. The van der Waals surface area contributed by atoms with Crippen molar-refractivity contribution in [3.8, 4) is 67.2 Å². The van der Waals surface area contributed by atoms with Gasteiger partial charge in [-0.3, -0.25) is 0 Å².